The maximum absolute atomic E-state index is 5.79. The van der Waals surface area contributed by atoms with E-state index in [4.69, 9.17) is 24.3 Å². The third kappa shape index (κ3) is 3.85. The van der Waals surface area contributed by atoms with Crippen LogP contribution in [0.3, 0.4) is 0 Å². The van der Waals surface area contributed by atoms with Gasteiger partial charge in [0.25, 0.3) is 0 Å². The molecule has 1 aliphatic heterocycles. The van der Waals surface area contributed by atoms with Gasteiger partial charge in [0.1, 0.15) is 17.7 Å². The summed E-state index contributed by atoms with van der Waals surface area (Å²) in [5.41, 5.74) is 1.19. The molecule has 0 N–H and O–H groups in total. The molecule has 2 fully saturated rings. The monoisotopic (exact) mass is 343 g/mol. The predicted molar refractivity (Wildman–Crippen MR) is 93.0 cm³/mol. The van der Waals surface area contributed by atoms with Crippen LogP contribution in [0, 0.1) is 0 Å². The van der Waals surface area contributed by atoms with Gasteiger partial charge in [-0.2, -0.15) is 5.10 Å². The first-order chi connectivity index (χ1) is 12.3. The zero-order valence-corrected chi connectivity index (χ0v) is 14.7. The van der Waals surface area contributed by atoms with E-state index in [-0.39, 0.29) is 6.10 Å². The summed E-state index contributed by atoms with van der Waals surface area (Å²) in [6.45, 7) is 2.71. The van der Waals surface area contributed by atoms with Crippen LogP contribution in [0.25, 0.3) is 0 Å². The Balaban J connectivity index is 1.51. The number of hydrogen-bond donors (Lipinski definition) is 0. The van der Waals surface area contributed by atoms with Crippen molar-refractivity contribution in [2.45, 2.75) is 44.2 Å². The van der Waals surface area contributed by atoms with E-state index in [9.17, 15) is 0 Å². The molecule has 2 aliphatic rings. The number of methoxy groups -OCH3 is 1. The van der Waals surface area contributed by atoms with Crippen molar-refractivity contribution in [1.29, 1.82) is 0 Å². The highest BCUT2D eigenvalue weighted by molar-refractivity contribution is 5.28. The van der Waals surface area contributed by atoms with Crippen LogP contribution in [0.1, 0.15) is 42.4 Å². The molecule has 0 radical (unpaired) electrons. The average molecular weight is 343 g/mol. The molecular weight excluding hydrogens is 318 g/mol. The summed E-state index contributed by atoms with van der Waals surface area (Å²) >= 11 is 0. The van der Waals surface area contributed by atoms with Crippen LogP contribution in [0.4, 0.5) is 0 Å². The molecule has 4 rings (SSSR count). The maximum atomic E-state index is 5.79. The number of ether oxygens (including phenoxy) is 3. The first kappa shape index (κ1) is 16.5. The molecule has 6 heteroatoms. The van der Waals surface area contributed by atoms with Gasteiger partial charge in [-0.1, -0.05) is 18.6 Å². The third-order valence-corrected chi connectivity index (χ3v) is 5.00. The van der Waals surface area contributed by atoms with Crippen LogP contribution in [0.15, 0.2) is 24.3 Å². The molecule has 1 aromatic carbocycles. The van der Waals surface area contributed by atoms with Gasteiger partial charge in [0.05, 0.1) is 33.5 Å². The van der Waals surface area contributed by atoms with E-state index in [0.29, 0.717) is 25.7 Å². The number of aromatic nitrogens is 3. The number of nitrogens with zero attached hydrogens (tertiary/aromatic N) is 3. The van der Waals surface area contributed by atoms with E-state index < -0.39 is 0 Å². The van der Waals surface area contributed by atoms with Crippen molar-refractivity contribution >= 4 is 0 Å². The Bertz CT molecular complexity index is 688. The van der Waals surface area contributed by atoms with Crippen LogP contribution < -0.4 is 4.74 Å². The summed E-state index contributed by atoms with van der Waals surface area (Å²) in [4.78, 5) is 4.86. The fraction of sp³-hybridized carbons (Fsp3) is 0.579. The van der Waals surface area contributed by atoms with E-state index in [2.05, 4.69) is 16.8 Å². The Hall–Kier alpha value is -1.92. The van der Waals surface area contributed by atoms with Crippen LogP contribution in [0.5, 0.6) is 5.75 Å². The molecule has 25 heavy (non-hydrogen) atoms. The van der Waals surface area contributed by atoms with Gasteiger partial charge in [-0.15, -0.1) is 0 Å². The largest absolute Gasteiger partial charge is 0.497 e. The van der Waals surface area contributed by atoms with Crippen LogP contribution in [-0.2, 0) is 22.4 Å². The summed E-state index contributed by atoms with van der Waals surface area (Å²) in [5.74, 6) is 3.40. The van der Waals surface area contributed by atoms with Crippen molar-refractivity contribution in [3.8, 4) is 5.75 Å². The van der Waals surface area contributed by atoms with Gasteiger partial charge >= 0.3 is 0 Å². The molecule has 2 aromatic rings. The first-order valence-electron chi connectivity index (χ1n) is 9.07. The second-order valence-corrected chi connectivity index (χ2v) is 6.79. The predicted octanol–water partition coefficient (Wildman–Crippen LogP) is 2.56. The fourth-order valence-corrected chi connectivity index (χ4v) is 3.34. The second kappa shape index (κ2) is 7.54. The summed E-state index contributed by atoms with van der Waals surface area (Å²) in [7, 11) is 1.68. The Morgan fingerprint density at radius 2 is 2.04 bits per heavy atom. The van der Waals surface area contributed by atoms with Gasteiger partial charge in [0, 0.05) is 12.3 Å². The van der Waals surface area contributed by atoms with Gasteiger partial charge in [-0.3, -0.25) is 0 Å². The second-order valence-electron chi connectivity index (χ2n) is 6.79. The molecule has 1 aromatic heterocycles. The van der Waals surface area contributed by atoms with E-state index in [1.165, 1.54) is 24.8 Å². The van der Waals surface area contributed by atoms with Crippen molar-refractivity contribution in [3.63, 3.8) is 0 Å². The lowest BCUT2D eigenvalue weighted by Gasteiger charge is -2.27. The Labute approximate surface area is 148 Å². The van der Waals surface area contributed by atoms with Gasteiger partial charge in [0.15, 0.2) is 5.82 Å². The Morgan fingerprint density at radius 1 is 1.20 bits per heavy atom. The van der Waals surface area contributed by atoms with Gasteiger partial charge in [0.2, 0.25) is 0 Å². The molecule has 2 heterocycles. The Kier molecular flexibility index (Phi) is 4.99. The molecule has 0 amide bonds. The molecule has 1 saturated carbocycles. The number of rotatable bonds is 6. The number of hydrogen-bond acceptors (Lipinski definition) is 5. The molecular formula is C19H25N3O3. The van der Waals surface area contributed by atoms with E-state index in [1.807, 2.05) is 12.1 Å². The highest BCUT2D eigenvalue weighted by Gasteiger charge is 2.27. The zero-order valence-electron chi connectivity index (χ0n) is 14.7. The summed E-state index contributed by atoms with van der Waals surface area (Å²) in [6, 6.07) is 8.10. The third-order valence-electron chi connectivity index (χ3n) is 5.00. The highest BCUT2D eigenvalue weighted by atomic mass is 16.6. The summed E-state index contributed by atoms with van der Waals surface area (Å²) in [6.07, 6.45) is 4.52. The summed E-state index contributed by atoms with van der Waals surface area (Å²) in [5, 5.41) is 4.78. The van der Waals surface area contributed by atoms with E-state index in [1.54, 1.807) is 7.11 Å². The average Bonchev–Trinajstić information content (AvgIpc) is 2.97. The maximum Gasteiger partial charge on any atom is 0.155 e. The van der Waals surface area contributed by atoms with Crippen molar-refractivity contribution < 1.29 is 14.2 Å². The fourth-order valence-electron chi connectivity index (χ4n) is 3.34. The Morgan fingerprint density at radius 3 is 2.68 bits per heavy atom. The lowest BCUT2D eigenvalue weighted by Crippen LogP contribution is -2.33. The van der Waals surface area contributed by atoms with Crippen molar-refractivity contribution in [3.05, 3.63) is 41.5 Å². The molecule has 1 aliphatic carbocycles. The molecule has 134 valence electrons. The minimum atomic E-state index is 0.0723. The SMILES string of the molecule is COc1ccc(Cc2nc(C3CCC3)n(C[C@H]3COCCO3)n2)cc1. The van der Waals surface area contributed by atoms with Crippen molar-refractivity contribution in [2.75, 3.05) is 26.9 Å². The van der Waals surface area contributed by atoms with Crippen molar-refractivity contribution in [1.82, 2.24) is 14.8 Å². The molecule has 0 bridgehead atoms. The minimum absolute atomic E-state index is 0.0723. The van der Waals surface area contributed by atoms with Gasteiger partial charge in [-0.25, -0.2) is 9.67 Å². The standard InChI is InChI=1S/C19H25N3O3/c1-23-16-7-5-14(6-8-16)11-18-20-19(15-3-2-4-15)22(21-18)12-17-13-24-9-10-25-17/h5-8,15,17H,2-4,9-13H2,1H3/t17-/m0/s1. The lowest BCUT2D eigenvalue weighted by molar-refractivity contribution is -0.0950. The zero-order chi connectivity index (χ0) is 17.1. The summed E-state index contributed by atoms with van der Waals surface area (Å²) < 4.78 is 18.6. The van der Waals surface area contributed by atoms with Crippen LogP contribution in [-0.4, -0.2) is 47.8 Å². The van der Waals surface area contributed by atoms with Crippen molar-refractivity contribution in [2.24, 2.45) is 0 Å². The van der Waals surface area contributed by atoms with Crippen LogP contribution in [0.2, 0.25) is 0 Å². The lowest BCUT2D eigenvalue weighted by atomic mass is 9.85. The highest BCUT2D eigenvalue weighted by Crippen LogP contribution is 2.35. The quantitative estimate of drug-likeness (QED) is 0.807. The molecule has 1 saturated heterocycles. The van der Waals surface area contributed by atoms with E-state index in [0.717, 1.165) is 30.4 Å². The topological polar surface area (TPSA) is 58.4 Å². The number of benzene rings is 1. The van der Waals surface area contributed by atoms with Crippen LogP contribution >= 0.6 is 0 Å². The smallest absolute Gasteiger partial charge is 0.155 e. The molecule has 1 atom stereocenters. The molecule has 0 unspecified atom stereocenters. The minimum Gasteiger partial charge on any atom is -0.497 e. The molecule has 6 nitrogen and oxygen atoms in total. The van der Waals surface area contributed by atoms with E-state index >= 15 is 0 Å². The normalized spacial score (nSPS) is 21.1. The van der Waals surface area contributed by atoms with Gasteiger partial charge < -0.3 is 14.2 Å². The molecule has 0 spiro atoms. The first-order valence-corrected chi connectivity index (χ1v) is 9.07. The van der Waals surface area contributed by atoms with Gasteiger partial charge in [-0.05, 0) is 30.5 Å².